The summed E-state index contributed by atoms with van der Waals surface area (Å²) in [5, 5.41) is 3.57. The predicted octanol–water partition coefficient (Wildman–Crippen LogP) is 2.02. The Morgan fingerprint density at radius 1 is 1.47 bits per heavy atom. The van der Waals surface area contributed by atoms with Crippen LogP contribution in [0.1, 0.15) is 12.0 Å². The summed E-state index contributed by atoms with van der Waals surface area (Å²) in [6, 6.07) is 4.51. The number of aryl methyl sites for hydroxylation is 1. The highest BCUT2D eigenvalue weighted by molar-refractivity contribution is 7.94. The van der Waals surface area contributed by atoms with E-state index in [2.05, 4.69) is 5.32 Å². The normalized spacial score (nSPS) is 20.4. The number of nitrogens with one attached hydrogen (secondary N) is 1. The highest BCUT2D eigenvalue weighted by atomic mass is 32.2. The zero-order chi connectivity index (χ0) is 14.0. The molecule has 1 aliphatic rings. The van der Waals surface area contributed by atoms with Crippen molar-refractivity contribution in [2.24, 2.45) is 5.92 Å². The predicted molar refractivity (Wildman–Crippen MR) is 70.8 cm³/mol. The lowest BCUT2D eigenvalue weighted by Crippen LogP contribution is -2.18. The van der Waals surface area contributed by atoms with Gasteiger partial charge < -0.3 is 5.32 Å². The topological polar surface area (TPSA) is 63.2 Å². The fourth-order valence-corrected chi connectivity index (χ4v) is 3.33. The van der Waals surface area contributed by atoms with Crippen LogP contribution in [0.2, 0.25) is 0 Å². The highest BCUT2D eigenvalue weighted by Crippen LogP contribution is 2.20. The minimum atomic E-state index is -3.16. The first kappa shape index (κ1) is 13.7. The second kappa shape index (κ2) is 5.13. The summed E-state index contributed by atoms with van der Waals surface area (Å²) in [5.41, 5.74) is 0.876. The molecule has 0 bridgehead atoms. The van der Waals surface area contributed by atoms with E-state index >= 15 is 0 Å². The Labute approximate surface area is 111 Å². The van der Waals surface area contributed by atoms with Crippen molar-refractivity contribution < 1.29 is 17.6 Å². The van der Waals surface area contributed by atoms with Gasteiger partial charge in [0.2, 0.25) is 5.91 Å². The summed E-state index contributed by atoms with van der Waals surface area (Å²) >= 11 is 0. The molecule has 0 aliphatic carbocycles. The van der Waals surface area contributed by atoms with Gasteiger partial charge in [-0.05, 0) is 24.6 Å². The van der Waals surface area contributed by atoms with Gasteiger partial charge in [-0.2, -0.15) is 0 Å². The molecular weight excluding hydrogens is 269 g/mol. The van der Waals surface area contributed by atoms with Gasteiger partial charge in [0, 0.05) is 17.7 Å². The maximum atomic E-state index is 13.5. The summed E-state index contributed by atoms with van der Waals surface area (Å²) < 4.78 is 35.9. The largest absolute Gasteiger partial charge is 0.324 e. The Kier molecular flexibility index (Phi) is 3.71. The number of allylic oxidation sites excluding steroid dienone is 1. The van der Waals surface area contributed by atoms with Crippen LogP contribution >= 0.6 is 0 Å². The van der Waals surface area contributed by atoms with E-state index in [-0.39, 0.29) is 23.8 Å². The van der Waals surface area contributed by atoms with E-state index in [1.54, 1.807) is 13.0 Å². The van der Waals surface area contributed by atoms with E-state index in [4.69, 9.17) is 0 Å². The van der Waals surface area contributed by atoms with E-state index in [1.807, 2.05) is 0 Å². The minimum absolute atomic E-state index is 0.0308. The number of hydrogen-bond acceptors (Lipinski definition) is 3. The summed E-state index contributed by atoms with van der Waals surface area (Å²) in [6.07, 6.45) is 1.53. The molecule has 0 fully saturated rings. The lowest BCUT2D eigenvalue weighted by atomic mass is 10.1. The molecule has 0 saturated heterocycles. The minimum Gasteiger partial charge on any atom is -0.324 e. The van der Waals surface area contributed by atoms with Gasteiger partial charge in [0.1, 0.15) is 5.82 Å². The third kappa shape index (κ3) is 3.64. The van der Waals surface area contributed by atoms with Crippen LogP contribution in [0, 0.1) is 18.7 Å². The number of halogens is 1. The zero-order valence-electron chi connectivity index (χ0n) is 10.4. The van der Waals surface area contributed by atoms with E-state index in [0.29, 0.717) is 0 Å². The molecule has 0 aromatic heterocycles. The lowest BCUT2D eigenvalue weighted by Gasteiger charge is -2.09. The SMILES string of the molecule is Cc1ccc(NC(=O)C[C@@H]2C=CS(=O)(=O)C2)c(F)c1. The smallest absolute Gasteiger partial charge is 0.225 e. The van der Waals surface area contributed by atoms with Crippen molar-refractivity contribution >= 4 is 21.4 Å². The van der Waals surface area contributed by atoms with Crippen LogP contribution < -0.4 is 5.32 Å². The van der Waals surface area contributed by atoms with Crippen LogP contribution in [0.25, 0.3) is 0 Å². The Balaban J connectivity index is 1.97. The number of hydrogen-bond donors (Lipinski definition) is 1. The van der Waals surface area contributed by atoms with Crippen molar-refractivity contribution in [3.63, 3.8) is 0 Å². The van der Waals surface area contributed by atoms with Crippen LogP contribution in [0.4, 0.5) is 10.1 Å². The number of carbonyl (C=O) groups is 1. The fraction of sp³-hybridized carbons (Fsp3) is 0.308. The molecule has 4 nitrogen and oxygen atoms in total. The summed E-state index contributed by atoms with van der Waals surface area (Å²) in [5.74, 6) is -1.28. The van der Waals surface area contributed by atoms with Crippen molar-refractivity contribution in [2.75, 3.05) is 11.1 Å². The van der Waals surface area contributed by atoms with Gasteiger partial charge in [-0.3, -0.25) is 4.79 Å². The average molecular weight is 283 g/mol. The third-order valence-corrected chi connectivity index (χ3v) is 4.32. The fourth-order valence-electron chi connectivity index (χ4n) is 1.93. The maximum absolute atomic E-state index is 13.5. The Bertz CT molecular complexity index is 637. The first-order chi connectivity index (χ1) is 8.85. The van der Waals surface area contributed by atoms with Crippen molar-refractivity contribution in [3.05, 3.63) is 41.1 Å². The maximum Gasteiger partial charge on any atom is 0.225 e. The Morgan fingerprint density at radius 3 is 2.79 bits per heavy atom. The number of rotatable bonds is 3. The number of carbonyl (C=O) groups excluding carboxylic acids is 1. The second-order valence-corrected chi connectivity index (χ2v) is 6.58. The van der Waals surface area contributed by atoms with Crippen molar-refractivity contribution in [2.45, 2.75) is 13.3 Å². The van der Waals surface area contributed by atoms with Crippen LogP contribution in [0.3, 0.4) is 0 Å². The van der Waals surface area contributed by atoms with Crippen LogP contribution in [0.15, 0.2) is 29.7 Å². The molecule has 2 rings (SSSR count). The van der Waals surface area contributed by atoms with Crippen molar-refractivity contribution in [3.8, 4) is 0 Å². The van der Waals surface area contributed by atoms with Crippen molar-refractivity contribution in [1.82, 2.24) is 0 Å². The second-order valence-electron chi connectivity index (χ2n) is 4.65. The summed E-state index contributed by atoms with van der Waals surface area (Å²) in [7, 11) is -3.16. The van der Waals surface area contributed by atoms with E-state index in [0.717, 1.165) is 11.0 Å². The standard InChI is InChI=1S/C13H14FNO3S/c1-9-2-3-12(11(14)6-9)15-13(16)7-10-4-5-19(17,18)8-10/h2-6,10H,7-8H2,1H3,(H,15,16)/t10-/m0/s1. The van der Waals surface area contributed by atoms with Gasteiger partial charge in [0.15, 0.2) is 9.84 Å². The molecule has 1 N–H and O–H groups in total. The molecule has 1 heterocycles. The number of benzene rings is 1. The van der Waals surface area contributed by atoms with E-state index in [1.165, 1.54) is 18.2 Å². The molecule has 102 valence electrons. The van der Waals surface area contributed by atoms with Gasteiger partial charge >= 0.3 is 0 Å². The van der Waals surface area contributed by atoms with Gasteiger partial charge in [0.25, 0.3) is 0 Å². The van der Waals surface area contributed by atoms with Crippen LogP contribution in [0.5, 0.6) is 0 Å². The molecule has 1 aromatic rings. The summed E-state index contributed by atoms with van der Waals surface area (Å²) in [6.45, 7) is 1.75. The van der Waals surface area contributed by atoms with E-state index < -0.39 is 21.6 Å². The Morgan fingerprint density at radius 2 is 2.21 bits per heavy atom. The zero-order valence-corrected chi connectivity index (χ0v) is 11.2. The van der Waals surface area contributed by atoms with Crippen molar-refractivity contribution in [1.29, 1.82) is 0 Å². The van der Waals surface area contributed by atoms with E-state index in [9.17, 15) is 17.6 Å². The number of sulfone groups is 1. The van der Waals surface area contributed by atoms with Gasteiger partial charge in [-0.1, -0.05) is 12.1 Å². The summed E-state index contributed by atoms with van der Waals surface area (Å²) in [4.78, 5) is 11.7. The molecule has 19 heavy (non-hydrogen) atoms. The lowest BCUT2D eigenvalue weighted by molar-refractivity contribution is -0.116. The number of anilines is 1. The first-order valence-corrected chi connectivity index (χ1v) is 7.54. The molecular formula is C13H14FNO3S. The molecule has 0 spiro atoms. The third-order valence-electron chi connectivity index (χ3n) is 2.85. The quantitative estimate of drug-likeness (QED) is 0.923. The van der Waals surface area contributed by atoms with Crippen LogP contribution in [-0.2, 0) is 14.6 Å². The molecule has 0 radical (unpaired) electrons. The molecule has 1 amide bonds. The molecule has 6 heteroatoms. The highest BCUT2D eigenvalue weighted by Gasteiger charge is 2.24. The number of amides is 1. The van der Waals surface area contributed by atoms with Crippen LogP contribution in [-0.4, -0.2) is 20.1 Å². The Hall–Kier alpha value is -1.69. The van der Waals surface area contributed by atoms with Gasteiger partial charge in [0.05, 0.1) is 11.4 Å². The molecule has 1 aliphatic heterocycles. The molecule has 1 atom stereocenters. The molecule has 1 aromatic carbocycles. The van der Waals surface area contributed by atoms with Gasteiger partial charge in [-0.15, -0.1) is 0 Å². The molecule has 0 unspecified atom stereocenters. The first-order valence-electron chi connectivity index (χ1n) is 5.83. The van der Waals surface area contributed by atoms with Gasteiger partial charge in [-0.25, -0.2) is 12.8 Å². The monoisotopic (exact) mass is 283 g/mol. The molecule has 0 saturated carbocycles. The average Bonchev–Trinajstić information content (AvgIpc) is 2.62.